The molecule has 0 aliphatic carbocycles. The van der Waals surface area contributed by atoms with E-state index in [4.69, 9.17) is 9.47 Å². The van der Waals surface area contributed by atoms with Gasteiger partial charge in [0.15, 0.2) is 0 Å². The first-order chi connectivity index (χ1) is 8.90. The summed E-state index contributed by atoms with van der Waals surface area (Å²) in [4.78, 5) is 0. The van der Waals surface area contributed by atoms with Crippen LogP contribution in [0.1, 0.15) is 0 Å². The molecule has 0 N–H and O–H groups in total. The number of ether oxygens (including phenoxy) is 2. The topological polar surface area (TPSA) is 18.5 Å². The highest BCUT2D eigenvalue weighted by Gasteiger charge is 1.97. The van der Waals surface area contributed by atoms with Crippen LogP contribution >= 0.6 is 0 Å². The van der Waals surface area contributed by atoms with Gasteiger partial charge in [-0.3, -0.25) is 0 Å². The fraction of sp³-hybridized carbons (Fsp3) is 0.125. The molecule has 0 aliphatic heterocycles. The SMILES string of the molecule is C=COCCOc1ccc(-c2ccccc2)cc1. The molecule has 0 radical (unpaired) electrons. The van der Waals surface area contributed by atoms with Crippen LogP contribution in [-0.4, -0.2) is 13.2 Å². The molecule has 92 valence electrons. The summed E-state index contributed by atoms with van der Waals surface area (Å²) in [5, 5.41) is 0. The lowest BCUT2D eigenvalue weighted by Crippen LogP contribution is -2.03. The Balaban J connectivity index is 1.95. The van der Waals surface area contributed by atoms with Gasteiger partial charge in [0, 0.05) is 0 Å². The molecule has 2 nitrogen and oxygen atoms in total. The lowest BCUT2D eigenvalue weighted by Gasteiger charge is -2.07. The highest BCUT2D eigenvalue weighted by atomic mass is 16.5. The van der Waals surface area contributed by atoms with Crippen molar-refractivity contribution < 1.29 is 9.47 Å². The Hall–Kier alpha value is -2.22. The molecule has 2 aromatic rings. The van der Waals surface area contributed by atoms with Crippen molar-refractivity contribution in [2.75, 3.05) is 13.2 Å². The van der Waals surface area contributed by atoms with Crippen molar-refractivity contribution in [3.05, 3.63) is 67.4 Å². The van der Waals surface area contributed by atoms with E-state index >= 15 is 0 Å². The van der Waals surface area contributed by atoms with Crippen LogP contribution in [0.15, 0.2) is 67.4 Å². The van der Waals surface area contributed by atoms with Gasteiger partial charge in [-0.15, -0.1) is 0 Å². The molecule has 0 unspecified atom stereocenters. The minimum absolute atomic E-state index is 0.518. The van der Waals surface area contributed by atoms with Crippen molar-refractivity contribution >= 4 is 0 Å². The zero-order valence-electron chi connectivity index (χ0n) is 10.2. The predicted octanol–water partition coefficient (Wildman–Crippen LogP) is 3.89. The Kier molecular flexibility index (Phi) is 4.42. The van der Waals surface area contributed by atoms with Crippen LogP contribution in [0, 0.1) is 0 Å². The smallest absolute Gasteiger partial charge is 0.122 e. The number of rotatable bonds is 6. The summed E-state index contributed by atoms with van der Waals surface area (Å²) in [6.07, 6.45) is 1.42. The van der Waals surface area contributed by atoms with E-state index in [1.165, 1.54) is 17.4 Å². The maximum absolute atomic E-state index is 5.53. The Labute approximate surface area is 107 Å². The van der Waals surface area contributed by atoms with Crippen LogP contribution in [0.2, 0.25) is 0 Å². The van der Waals surface area contributed by atoms with Crippen molar-refractivity contribution in [1.82, 2.24) is 0 Å². The molecule has 0 bridgehead atoms. The average molecular weight is 240 g/mol. The van der Waals surface area contributed by atoms with Crippen LogP contribution in [-0.2, 0) is 4.74 Å². The largest absolute Gasteiger partial charge is 0.498 e. The second-order valence-electron chi connectivity index (χ2n) is 3.78. The van der Waals surface area contributed by atoms with Crippen LogP contribution < -0.4 is 4.74 Å². The van der Waals surface area contributed by atoms with Gasteiger partial charge in [0.2, 0.25) is 0 Å². The Morgan fingerprint density at radius 2 is 1.50 bits per heavy atom. The maximum Gasteiger partial charge on any atom is 0.122 e. The third kappa shape index (κ3) is 3.39. The Morgan fingerprint density at radius 3 is 2.17 bits per heavy atom. The van der Waals surface area contributed by atoms with E-state index < -0.39 is 0 Å². The summed E-state index contributed by atoms with van der Waals surface area (Å²) in [6, 6.07) is 18.3. The second-order valence-corrected chi connectivity index (χ2v) is 3.78. The molecule has 0 fully saturated rings. The summed E-state index contributed by atoms with van der Waals surface area (Å²) >= 11 is 0. The van der Waals surface area contributed by atoms with E-state index in [2.05, 4.69) is 30.8 Å². The second kappa shape index (κ2) is 6.50. The molecule has 18 heavy (non-hydrogen) atoms. The summed E-state index contributed by atoms with van der Waals surface area (Å²) in [6.45, 7) is 4.51. The molecule has 0 aromatic heterocycles. The first kappa shape index (κ1) is 12.2. The Morgan fingerprint density at radius 1 is 0.833 bits per heavy atom. The lowest BCUT2D eigenvalue weighted by atomic mass is 10.1. The molecule has 0 aliphatic rings. The molecule has 2 rings (SSSR count). The van der Waals surface area contributed by atoms with Crippen molar-refractivity contribution in [2.45, 2.75) is 0 Å². The van der Waals surface area contributed by atoms with Crippen LogP contribution in [0.4, 0.5) is 0 Å². The van der Waals surface area contributed by atoms with Crippen molar-refractivity contribution in [2.24, 2.45) is 0 Å². The summed E-state index contributed by atoms with van der Waals surface area (Å²) in [5.41, 5.74) is 2.39. The van der Waals surface area contributed by atoms with Gasteiger partial charge >= 0.3 is 0 Å². The van der Waals surface area contributed by atoms with Gasteiger partial charge in [0.05, 0.1) is 6.26 Å². The maximum atomic E-state index is 5.53. The normalized spacial score (nSPS) is 9.78. The van der Waals surface area contributed by atoms with Gasteiger partial charge in [-0.2, -0.15) is 0 Å². The van der Waals surface area contributed by atoms with Crippen molar-refractivity contribution in [1.29, 1.82) is 0 Å². The molecular formula is C16H16O2. The molecule has 2 aromatic carbocycles. The molecule has 0 atom stereocenters. The minimum Gasteiger partial charge on any atom is -0.498 e. The number of hydrogen-bond donors (Lipinski definition) is 0. The zero-order valence-corrected chi connectivity index (χ0v) is 10.2. The van der Waals surface area contributed by atoms with Gasteiger partial charge in [-0.05, 0) is 23.3 Å². The molecule has 2 heteroatoms. The van der Waals surface area contributed by atoms with Gasteiger partial charge in [-0.1, -0.05) is 49.0 Å². The van der Waals surface area contributed by atoms with E-state index in [1.807, 2.05) is 30.3 Å². The molecule has 0 saturated carbocycles. The standard InChI is InChI=1S/C16H16O2/c1-2-17-12-13-18-16-10-8-15(9-11-16)14-6-4-3-5-7-14/h2-11H,1,12-13H2. The zero-order chi connectivity index (χ0) is 12.6. The van der Waals surface area contributed by atoms with Gasteiger partial charge in [0.25, 0.3) is 0 Å². The van der Waals surface area contributed by atoms with Crippen LogP contribution in [0.3, 0.4) is 0 Å². The third-order valence-corrected chi connectivity index (χ3v) is 2.55. The lowest BCUT2D eigenvalue weighted by molar-refractivity contribution is 0.179. The van der Waals surface area contributed by atoms with E-state index in [1.54, 1.807) is 0 Å². The molecule has 0 heterocycles. The highest BCUT2D eigenvalue weighted by Crippen LogP contribution is 2.21. The number of benzene rings is 2. The first-order valence-electron chi connectivity index (χ1n) is 5.91. The fourth-order valence-electron chi connectivity index (χ4n) is 1.67. The molecule has 0 spiro atoms. The third-order valence-electron chi connectivity index (χ3n) is 2.55. The Bertz CT molecular complexity index is 474. The predicted molar refractivity (Wildman–Crippen MR) is 73.5 cm³/mol. The van der Waals surface area contributed by atoms with E-state index in [0.717, 1.165) is 5.75 Å². The van der Waals surface area contributed by atoms with E-state index in [-0.39, 0.29) is 0 Å². The minimum atomic E-state index is 0.518. The van der Waals surface area contributed by atoms with Gasteiger partial charge in [0.1, 0.15) is 19.0 Å². The first-order valence-corrected chi connectivity index (χ1v) is 5.91. The summed E-state index contributed by atoms with van der Waals surface area (Å²) in [7, 11) is 0. The summed E-state index contributed by atoms with van der Waals surface area (Å²) in [5.74, 6) is 0.849. The van der Waals surface area contributed by atoms with Crippen LogP contribution in [0.5, 0.6) is 5.75 Å². The highest BCUT2D eigenvalue weighted by molar-refractivity contribution is 5.63. The van der Waals surface area contributed by atoms with Crippen LogP contribution in [0.25, 0.3) is 11.1 Å². The van der Waals surface area contributed by atoms with Crippen molar-refractivity contribution in [3.63, 3.8) is 0 Å². The van der Waals surface area contributed by atoms with E-state index in [9.17, 15) is 0 Å². The fourth-order valence-corrected chi connectivity index (χ4v) is 1.67. The molecule has 0 saturated heterocycles. The average Bonchev–Trinajstić information content (AvgIpc) is 2.45. The van der Waals surface area contributed by atoms with Gasteiger partial charge < -0.3 is 9.47 Å². The van der Waals surface area contributed by atoms with E-state index in [0.29, 0.717) is 13.2 Å². The molecule has 0 amide bonds. The van der Waals surface area contributed by atoms with Crippen molar-refractivity contribution in [3.8, 4) is 16.9 Å². The summed E-state index contributed by atoms with van der Waals surface area (Å²) < 4.78 is 10.5. The number of hydrogen-bond acceptors (Lipinski definition) is 2. The van der Waals surface area contributed by atoms with Gasteiger partial charge in [-0.25, -0.2) is 0 Å². The quantitative estimate of drug-likeness (QED) is 0.563. The molecular weight excluding hydrogens is 224 g/mol. The monoisotopic (exact) mass is 240 g/mol.